The Labute approximate surface area is 87.0 Å². The lowest BCUT2D eigenvalue weighted by Crippen LogP contribution is -2.01. The first-order valence-corrected chi connectivity index (χ1v) is 5.84. The topological polar surface area (TPSA) is 26.3 Å². The molecule has 1 aliphatic carbocycles. The van der Waals surface area contributed by atoms with Crippen LogP contribution < -0.4 is 0 Å². The minimum atomic E-state index is -0.0361. The number of carbonyl (C=O) groups is 1. The standard InChI is InChI=1S/C12H22O2/c1-3-4-5-6-7-10-8-11(10)9-12(13)14-2/h10-11H,3-9H2,1-2H3/t10-,11+/m0/s1. The van der Waals surface area contributed by atoms with Gasteiger partial charge in [0, 0.05) is 6.42 Å². The Balaban J connectivity index is 1.95. The SMILES string of the molecule is CCCCCC[C@H]1C[C@@H]1CC(=O)OC. The fourth-order valence-electron chi connectivity index (χ4n) is 2.04. The van der Waals surface area contributed by atoms with Crippen LogP contribution >= 0.6 is 0 Å². The van der Waals surface area contributed by atoms with Crippen LogP contribution in [-0.2, 0) is 9.53 Å². The van der Waals surface area contributed by atoms with E-state index < -0.39 is 0 Å². The van der Waals surface area contributed by atoms with Crippen molar-refractivity contribution in [2.24, 2.45) is 11.8 Å². The predicted molar refractivity (Wildman–Crippen MR) is 57.0 cm³/mol. The molecule has 1 fully saturated rings. The average Bonchev–Trinajstić information content (AvgIpc) is 2.91. The fraction of sp³-hybridized carbons (Fsp3) is 0.917. The first kappa shape index (κ1) is 11.5. The van der Waals surface area contributed by atoms with Crippen molar-refractivity contribution in [3.05, 3.63) is 0 Å². The van der Waals surface area contributed by atoms with Gasteiger partial charge >= 0.3 is 5.97 Å². The maximum Gasteiger partial charge on any atom is 0.305 e. The molecular weight excluding hydrogens is 176 g/mol. The van der Waals surface area contributed by atoms with Gasteiger partial charge in [0.05, 0.1) is 7.11 Å². The van der Waals surface area contributed by atoms with Crippen molar-refractivity contribution < 1.29 is 9.53 Å². The largest absolute Gasteiger partial charge is 0.469 e. The Hall–Kier alpha value is -0.530. The molecule has 0 heterocycles. The van der Waals surface area contributed by atoms with E-state index in [9.17, 15) is 4.79 Å². The Morgan fingerprint density at radius 1 is 1.29 bits per heavy atom. The molecule has 2 heteroatoms. The van der Waals surface area contributed by atoms with E-state index in [0.717, 1.165) is 5.92 Å². The quantitative estimate of drug-likeness (QED) is 0.464. The summed E-state index contributed by atoms with van der Waals surface area (Å²) in [7, 11) is 1.47. The molecule has 0 amide bonds. The van der Waals surface area contributed by atoms with Crippen molar-refractivity contribution in [3.8, 4) is 0 Å². The van der Waals surface area contributed by atoms with Crippen molar-refractivity contribution >= 4 is 5.97 Å². The second-order valence-corrected chi connectivity index (χ2v) is 4.39. The molecule has 0 radical (unpaired) electrons. The number of ether oxygens (including phenoxy) is 1. The van der Waals surface area contributed by atoms with Gasteiger partial charge < -0.3 is 4.74 Å². The molecule has 14 heavy (non-hydrogen) atoms. The molecule has 0 aromatic carbocycles. The molecule has 0 aliphatic heterocycles. The molecule has 1 aliphatic rings. The Kier molecular flexibility index (Phi) is 4.99. The lowest BCUT2D eigenvalue weighted by Gasteiger charge is -1.99. The molecule has 0 spiro atoms. The predicted octanol–water partition coefficient (Wildman–Crippen LogP) is 3.16. The highest BCUT2D eigenvalue weighted by Crippen LogP contribution is 2.44. The van der Waals surface area contributed by atoms with Gasteiger partial charge in [0.2, 0.25) is 0 Å². The third-order valence-electron chi connectivity index (χ3n) is 3.15. The summed E-state index contributed by atoms with van der Waals surface area (Å²) in [5, 5.41) is 0. The third kappa shape index (κ3) is 4.12. The summed E-state index contributed by atoms with van der Waals surface area (Å²) in [5.41, 5.74) is 0. The second kappa shape index (κ2) is 6.05. The molecule has 2 atom stereocenters. The Morgan fingerprint density at radius 3 is 2.71 bits per heavy atom. The zero-order chi connectivity index (χ0) is 10.4. The molecule has 0 aromatic heterocycles. The van der Waals surface area contributed by atoms with Gasteiger partial charge in [-0.05, 0) is 18.3 Å². The van der Waals surface area contributed by atoms with Crippen molar-refractivity contribution in [3.63, 3.8) is 0 Å². The van der Waals surface area contributed by atoms with Gasteiger partial charge in [0.25, 0.3) is 0 Å². The van der Waals surface area contributed by atoms with Gasteiger partial charge in [-0.1, -0.05) is 39.0 Å². The van der Waals surface area contributed by atoms with E-state index in [1.165, 1.54) is 45.6 Å². The second-order valence-electron chi connectivity index (χ2n) is 4.39. The van der Waals surface area contributed by atoms with Gasteiger partial charge in [-0.25, -0.2) is 0 Å². The Bertz CT molecular complexity index is 177. The lowest BCUT2D eigenvalue weighted by atomic mass is 10.1. The molecule has 1 saturated carbocycles. The number of esters is 1. The zero-order valence-corrected chi connectivity index (χ0v) is 9.42. The van der Waals surface area contributed by atoms with Crippen LogP contribution in [0, 0.1) is 11.8 Å². The molecule has 0 bridgehead atoms. The molecule has 1 rings (SSSR count). The molecule has 2 nitrogen and oxygen atoms in total. The smallest absolute Gasteiger partial charge is 0.305 e. The minimum Gasteiger partial charge on any atom is -0.469 e. The summed E-state index contributed by atoms with van der Waals surface area (Å²) < 4.78 is 4.65. The third-order valence-corrected chi connectivity index (χ3v) is 3.15. The monoisotopic (exact) mass is 198 g/mol. The van der Waals surface area contributed by atoms with Crippen LogP contribution in [0.3, 0.4) is 0 Å². The molecule has 82 valence electrons. The number of hydrogen-bond donors (Lipinski definition) is 0. The van der Waals surface area contributed by atoms with Gasteiger partial charge in [0.1, 0.15) is 0 Å². The van der Waals surface area contributed by atoms with Crippen LogP contribution in [0.1, 0.15) is 51.9 Å². The highest BCUT2D eigenvalue weighted by atomic mass is 16.5. The van der Waals surface area contributed by atoms with Crippen LogP contribution in [0.4, 0.5) is 0 Å². The molecular formula is C12H22O2. The van der Waals surface area contributed by atoms with Gasteiger partial charge in [-0.15, -0.1) is 0 Å². The van der Waals surface area contributed by atoms with Crippen LogP contribution in [-0.4, -0.2) is 13.1 Å². The Morgan fingerprint density at radius 2 is 2.07 bits per heavy atom. The van der Waals surface area contributed by atoms with E-state index >= 15 is 0 Å². The normalized spacial score (nSPS) is 24.7. The first-order valence-electron chi connectivity index (χ1n) is 5.84. The number of carbonyl (C=O) groups excluding carboxylic acids is 1. The van der Waals surface area contributed by atoms with Crippen LogP contribution in [0.15, 0.2) is 0 Å². The minimum absolute atomic E-state index is 0.0361. The summed E-state index contributed by atoms with van der Waals surface area (Å²) in [6.07, 6.45) is 8.58. The van der Waals surface area contributed by atoms with E-state index in [1.54, 1.807) is 0 Å². The van der Waals surface area contributed by atoms with E-state index in [4.69, 9.17) is 0 Å². The number of methoxy groups -OCH3 is 1. The number of unbranched alkanes of at least 4 members (excludes halogenated alkanes) is 3. The van der Waals surface area contributed by atoms with E-state index in [1.807, 2.05) is 0 Å². The maximum absolute atomic E-state index is 11.0. The van der Waals surface area contributed by atoms with Crippen molar-refractivity contribution in [1.29, 1.82) is 0 Å². The number of hydrogen-bond acceptors (Lipinski definition) is 2. The molecule has 0 saturated heterocycles. The van der Waals surface area contributed by atoms with Crippen LogP contribution in [0.25, 0.3) is 0 Å². The molecule has 0 unspecified atom stereocenters. The summed E-state index contributed by atoms with van der Waals surface area (Å²) in [6, 6.07) is 0. The highest BCUT2D eigenvalue weighted by molar-refractivity contribution is 5.69. The van der Waals surface area contributed by atoms with Gasteiger partial charge in [-0.3, -0.25) is 4.79 Å². The maximum atomic E-state index is 11.0. The van der Waals surface area contributed by atoms with Crippen LogP contribution in [0.2, 0.25) is 0 Å². The lowest BCUT2D eigenvalue weighted by molar-refractivity contribution is -0.141. The molecule has 0 aromatic rings. The molecule has 0 N–H and O–H groups in total. The van der Waals surface area contributed by atoms with E-state index in [-0.39, 0.29) is 5.97 Å². The van der Waals surface area contributed by atoms with Crippen molar-refractivity contribution in [2.75, 3.05) is 7.11 Å². The fourth-order valence-corrected chi connectivity index (χ4v) is 2.04. The zero-order valence-electron chi connectivity index (χ0n) is 9.42. The number of rotatable bonds is 7. The summed E-state index contributed by atoms with van der Waals surface area (Å²) in [5.74, 6) is 1.43. The summed E-state index contributed by atoms with van der Waals surface area (Å²) >= 11 is 0. The van der Waals surface area contributed by atoms with E-state index in [0.29, 0.717) is 12.3 Å². The van der Waals surface area contributed by atoms with Crippen molar-refractivity contribution in [2.45, 2.75) is 51.9 Å². The van der Waals surface area contributed by atoms with Crippen LogP contribution in [0.5, 0.6) is 0 Å². The highest BCUT2D eigenvalue weighted by Gasteiger charge is 2.37. The summed E-state index contributed by atoms with van der Waals surface area (Å²) in [6.45, 7) is 2.23. The van der Waals surface area contributed by atoms with Gasteiger partial charge in [-0.2, -0.15) is 0 Å². The average molecular weight is 198 g/mol. The van der Waals surface area contributed by atoms with Crippen molar-refractivity contribution in [1.82, 2.24) is 0 Å². The summed E-state index contributed by atoms with van der Waals surface area (Å²) in [4.78, 5) is 11.0. The van der Waals surface area contributed by atoms with E-state index in [2.05, 4.69) is 11.7 Å². The first-order chi connectivity index (χ1) is 6.77. The van der Waals surface area contributed by atoms with Gasteiger partial charge in [0.15, 0.2) is 0 Å².